The zero-order valence-corrected chi connectivity index (χ0v) is 15.0. The molecule has 0 radical (unpaired) electrons. The molecule has 0 fully saturated rings. The monoisotopic (exact) mass is 339 g/mol. The number of pyridine rings is 1. The van der Waals surface area contributed by atoms with Crippen LogP contribution in [0.5, 0.6) is 0 Å². The second kappa shape index (κ2) is 8.42. The number of aromatic nitrogens is 1. The van der Waals surface area contributed by atoms with Crippen LogP contribution in [0.1, 0.15) is 48.7 Å². The first kappa shape index (κ1) is 18.6. The third-order valence-corrected chi connectivity index (χ3v) is 3.89. The van der Waals surface area contributed by atoms with Crippen molar-refractivity contribution >= 4 is 11.8 Å². The summed E-state index contributed by atoms with van der Waals surface area (Å²) in [5, 5.41) is 5.59. The molecule has 0 saturated carbocycles. The minimum atomic E-state index is -0.164. The van der Waals surface area contributed by atoms with Crippen molar-refractivity contribution in [3.63, 3.8) is 0 Å². The Bertz CT molecular complexity index is 704. The predicted molar refractivity (Wildman–Crippen MR) is 98.2 cm³/mol. The minimum Gasteiger partial charge on any atom is -0.352 e. The van der Waals surface area contributed by atoms with E-state index in [-0.39, 0.29) is 23.7 Å². The quantitative estimate of drug-likeness (QED) is 0.850. The summed E-state index contributed by atoms with van der Waals surface area (Å²) in [6.07, 6.45) is 3.62. The van der Waals surface area contributed by atoms with Crippen LogP contribution in [0, 0.1) is 0 Å². The molecule has 1 aromatic carbocycles. The Hall–Kier alpha value is -2.69. The Kier molecular flexibility index (Phi) is 6.28. The maximum absolute atomic E-state index is 12.1. The topological polar surface area (TPSA) is 71.1 Å². The number of hydrogen-bond donors (Lipinski definition) is 2. The Morgan fingerprint density at radius 2 is 1.60 bits per heavy atom. The number of amides is 2. The molecular weight excluding hydrogens is 314 g/mol. The zero-order valence-electron chi connectivity index (χ0n) is 15.0. The molecule has 0 aliphatic rings. The van der Waals surface area contributed by atoms with E-state index >= 15 is 0 Å². The predicted octanol–water partition coefficient (Wildman–Crippen LogP) is 2.82. The van der Waals surface area contributed by atoms with Crippen LogP contribution in [0.4, 0.5) is 0 Å². The largest absolute Gasteiger partial charge is 0.352 e. The van der Waals surface area contributed by atoms with Gasteiger partial charge in [0.25, 0.3) is 5.91 Å². The van der Waals surface area contributed by atoms with Gasteiger partial charge in [-0.3, -0.25) is 14.6 Å². The van der Waals surface area contributed by atoms with E-state index in [2.05, 4.69) is 36.4 Å². The van der Waals surface area contributed by atoms with Crippen molar-refractivity contribution in [3.8, 4) is 0 Å². The van der Waals surface area contributed by atoms with E-state index in [1.165, 1.54) is 5.56 Å². The molecule has 132 valence electrons. The lowest BCUT2D eigenvalue weighted by Gasteiger charge is -2.19. The molecule has 2 rings (SSSR count). The molecule has 2 amide bonds. The van der Waals surface area contributed by atoms with Crippen molar-refractivity contribution < 1.29 is 9.59 Å². The first-order valence-corrected chi connectivity index (χ1v) is 8.40. The highest BCUT2D eigenvalue weighted by Gasteiger charge is 2.14. The van der Waals surface area contributed by atoms with E-state index in [9.17, 15) is 9.59 Å². The van der Waals surface area contributed by atoms with Crippen LogP contribution in [-0.2, 0) is 16.8 Å². The third kappa shape index (κ3) is 6.03. The molecule has 0 bridgehead atoms. The summed E-state index contributed by atoms with van der Waals surface area (Å²) >= 11 is 0. The standard InChI is InChI=1S/C20H25N3O2/c1-20(2,3)17-6-4-16(5-7-17)19(25)22-13-10-18(24)23-14-15-8-11-21-12-9-15/h4-9,11-12H,10,13-14H2,1-3H3,(H,22,25)(H,23,24). The molecule has 1 heterocycles. The average molecular weight is 339 g/mol. The Morgan fingerprint density at radius 3 is 2.20 bits per heavy atom. The van der Waals surface area contributed by atoms with E-state index in [0.29, 0.717) is 18.7 Å². The van der Waals surface area contributed by atoms with Crippen LogP contribution < -0.4 is 10.6 Å². The maximum Gasteiger partial charge on any atom is 0.251 e. The molecule has 0 saturated heterocycles. The first-order valence-electron chi connectivity index (χ1n) is 8.40. The molecule has 25 heavy (non-hydrogen) atoms. The molecule has 5 nitrogen and oxygen atoms in total. The van der Waals surface area contributed by atoms with Gasteiger partial charge in [0.15, 0.2) is 0 Å². The third-order valence-electron chi connectivity index (χ3n) is 3.89. The van der Waals surface area contributed by atoms with E-state index in [1.807, 2.05) is 36.4 Å². The summed E-state index contributed by atoms with van der Waals surface area (Å²) in [6.45, 7) is 7.16. The number of rotatable bonds is 6. The SMILES string of the molecule is CC(C)(C)c1ccc(C(=O)NCCC(=O)NCc2ccncc2)cc1. The highest BCUT2D eigenvalue weighted by Crippen LogP contribution is 2.22. The first-order chi connectivity index (χ1) is 11.9. The van der Waals surface area contributed by atoms with Crippen LogP contribution in [0.2, 0.25) is 0 Å². The van der Waals surface area contributed by atoms with Gasteiger partial charge in [-0.2, -0.15) is 0 Å². The molecule has 1 aromatic heterocycles. The molecule has 2 N–H and O–H groups in total. The Balaban J connectivity index is 1.73. The van der Waals surface area contributed by atoms with Gasteiger partial charge in [0.2, 0.25) is 5.91 Å². The summed E-state index contributed by atoms with van der Waals surface area (Å²) in [6, 6.07) is 11.3. The zero-order chi connectivity index (χ0) is 18.3. The van der Waals surface area contributed by atoms with Gasteiger partial charge < -0.3 is 10.6 Å². The number of benzene rings is 1. The van der Waals surface area contributed by atoms with Gasteiger partial charge in [0, 0.05) is 37.5 Å². The lowest BCUT2D eigenvalue weighted by molar-refractivity contribution is -0.121. The summed E-state index contributed by atoms with van der Waals surface area (Å²) in [5.41, 5.74) is 2.83. The van der Waals surface area contributed by atoms with Gasteiger partial charge in [0.1, 0.15) is 0 Å². The molecule has 0 unspecified atom stereocenters. The van der Waals surface area contributed by atoms with Gasteiger partial charge >= 0.3 is 0 Å². The molecule has 0 aliphatic carbocycles. The summed E-state index contributed by atoms with van der Waals surface area (Å²) in [7, 11) is 0. The smallest absolute Gasteiger partial charge is 0.251 e. The molecule has 0 aliphatic heterocycles. The van der Waals surface area contributed by atoms with Crippen LogP contribution in [0.25, 0.3) is 0 Å². The summed E-state index contributed by atoms with van der Waals surface area (Å²) in [5.74, 6) is -0.261. The van der Waals surface area contributed by atoms with E-state index in [4.69, 9.17) is 0 Å². The minimum absolute atomic E-state index is 0.0575. The molecule has 5 heteroatoms. The van der Waals surface area contributed by atoms with Gasteiger partial charge in [-0.15, -0.1) is 0 Å². The van der Waals surface area contributed by atoms with Crippen molar-refractivity contribution in [3.05, 3.63) is 65.5 Å². The van der Waals surface area contributed by atoms with Crippen molar-refractivity contribution in [1.29, 1.82) is 0 Å². The Morgan fingerprint density at radius 1 is 0.960 bits per heavy atom. The number of carbonyl (C=O) groups is 2. The van der Waals surface area contributed by atoms with Gasteiger partial charge in [-0.25, -0.2) is 0 Å². The van der Waals surface area contributed by atoms with Gasteiger partial charge in [-0.1, -0.05) is 32.9 Å². The van der Waals surface area contributed by atoms with Crippen LogP contribution >= 0.6 is 0 Å². The number of hydrogen-bond acceptors (Lipinski definition) is 3. The normalized spacial score (nSPS) is 11.0. The number of carbonyl (C=O) groups excluding carboxylic acids is 2. The second-order valence-corrected chi connectivity index (χ2v) is 6.97. The highest BCUT2D eigenvalue weighted by molar-refractivity contribution is 5.94. The van der Waals surface area contributed by atoms with Gasteiger partial charge in [-0.05, 0) is 40.8 Å². The second-order valence-electron chi connectivity index (χ2n) is 6.97. The van der Waals surface area contributed by atoms with Crippen molar-refractivity contribution in [1.82, 2.24) is 15.6 Å². The van der Waals surface area contributed by atoms with Crippen LogP contribution in [0.15, 0.2) is 48.8 Å². The van der Waals surface area contributed by atoms with E-state index in [1.54, 1.807) is 12.4 Å². The number of nitrogens with one attached hydrogen (secondary N) is 2. The lowest BCUT2D eigenvalue weighted by atomic mass is 9.87. The van der Waals surface area contributed by atoms with Crippen LogP contribution in [0.3, 0.4) is 0 Å². The molecule has 0 atom stereocenters. The lowest BCUT2D eigenvalue weighted by Crippen LogP contribution is -2.30. The fourth-order valence-electron chi connectivity index (χ4n) is 2.30. The van der Waals surface area contributed by atoms with E-state index < -0.39 is 0 Å². The summed E-state index contributed by atoms with van der Waals surface area (Å²) in [4.78, 5) is 27.9. The molecule has 0 spiro atoms. The fourth-order valence-corrected chi connectivity index (χ4v) is 2.30. The van der Waals surface area contributed by atoms with Crippen molar-refractivity contribution in [2.75, 3.05) is 6.54 Å². The summed E-state index contributed by atoms with van der Waals surface area (Å²) < 4.78 is 0. The molecular formula is C20H25N3O2. The number of nitrogens with zero attached hydrogens (tertiary/aromatic N) is 1. The van der Waals surface area contributed by atoms with Crippen LogP contribution in [-0.4, -0.2) is 23.3 Å². The van der Waals surface area contributed by atoms with E-state index in [0.717, 1.165) is 5.56 Å². The van der Waals surface area contributed by atoms with Crippen molar-refractivity contribution in [2.45, 2.75) is 39.2 Å². The Labute approximate surface area is 148 Å². The van der Waals surface area contributed by atoms with Crippen molar-refractivity contribution in [2.24, 2.45) is 0 Å². The maximum atomic E-state index is 12.1. The van der Waals surface area contributed by atoms with Gasteiger partial charge in [0.05, 0.1) is 0 Å². The highest BCUT2D eigenvalue weighted by atomic mass is 16.2. The molecule has 2 aromatic rings. The fraction of sp³-hybridized carbons (Fsp3) is 0.350. The average Bonchev–Trinajstić information content (AvgIpc) is 2.60.